The number of carbonyl (C=O) groups excluding carboxylic acids is 1. The first-order valence-corrected chi connectivity index (χ1v) is 5.72. The van der Waals surface area contributed by atoms with Crippen molar-refractivity contribution in [1.82, 2.24) is 5.32 Å². The van der Waals surface area contributed by atoms with E-state index in [1.165, 1.54) is 25.3 Å². The third-order valence-electron chi connectivity index (χ3n) is 2.72. The fourth-order valence-electron chi connectivity index (χ4n) is 1.55. The maximum Gasteiger partial charge on any atom is 0.349 e. The van der Waals surface area contributed by atoms with E-state index in [-0.39, 0.29) is 0 Å². The monoisotopic (exact) mass is 287 g/mol. The summed E-state index contributed by atoms with van der Waals surface area (Å²) in [5, 5.41) is 10.8. The normalized spacial score (nSPS) is 14.4. The number of amides is 1. The van der Waals surface area contributed by atoms with E-state index in [0.717, 1.165) is 19.1 Å². The van der Waals surface area contributed by atoms with E-state index >= 15 is 0 Å². The topological polar surface area (TPSA) is 75.6 Å². The van der Waals surface area contributed by atoms with Gasteiger partial charge < -0.3 is 15.2 Å². The fraction of sp³-hybridized carbons (Fsp3) is 0.385. The van der Waals surface area contributed by atoms with Crippen LogP contribution in [0.3, 0.4) is 0 Å². The first-order valence-electron chi connectivity index (χ1n) is 5.72. The number of nitrogens with one attached hydrogen (secondary N) is 1. The van der Waals surface area contributed by atoms with Gasteiger partial charge in [0, 0.05) is 12.7 Å². The maximum atomic E-state index is 13.9. The molecule has 1 rings (SSSR count). The third kappa shape index (κ3) is 3.30. The van der Waals surface area contributed by atoms with Gasteiger partial charge in [0.1, 0.15) is 0 Å². The Morgan fingerprint density at radius 2 is 1.85 bits per heavy atom. The molecule has 0 fully saturated rings. The number of halogens is 2. The SMILES string of the molecule is COCC(C)(NC(=O)C(F)(F)c1ccccc1)C(=O)O. The van der Waals surface area contributed by atoms with Crippen molar-refractivity contribution >= 4 is 11.9 Å². The summed E-state index contributed by atoms with van der Waals surface area (Å²) in [6.45, 7) is 0.663. The summed E-state index contributed by atoms with van der Waals surface area (Å²) in [6, 6.07) is 6.44. The quantitative estimate of drug-likeness (QED) is 0.829. The summed E-state index contributed by atoms with van der Waals surface area (Å²) in [4.78, 5) is 22.8. The molecule has 0 saturated heterocycles. The summed E-state index contributed by atoms with van der Waals surface area (Å²) in [6.07, 6.45) is 0. The second-order valence-corrected chi connectivity index (χ2v) is 4.46. The van der Waals surface area contributed by atoms with Crippen LogP contribution in [0.5, 0.6) is 0 Å². The highest BCUT2D eigenvalue weighted by molar-refractivity contribution is 5.91. The van der Waals surface area contributed by atoms with E-state index < -0.39 is 35.5 Å². The molecule has 0 aliphatic rings. The van der Waals surface area contributed by atoms with Gasteiger partial charge in [-0.3, -0.25) is 4.79 Å². The average molecular weight is 287 g/mol. The van der Waals surface area contributed by atoms with Gasteiger partial charge >= 0.3 is 11.9 Å². The van der Waals surface area contributed by atoms with Crippen molar-refractivity contribution in [2.75, 3.05) is 13.7 Å². The third-order valence-corrected chi connectivity index (χ3v) is 2.72. The Morgan fingerprint density at radius 3 is 2.30 bits per heavy atom. The highest BCUT2D eigenvalue weighted by Gasteiger charge is 2.46. The number of benzene rings is 1. The molecule has 5 nitrogen and oxygen atoms in total. The maximum absolute atomic E-state index is 13.9. The largest absolute Gasteiger partial charge is 0.479 e. The van der Waals surface area contributed by atoms with E-state index in [1.54, 1.807) is 0 Å². The zero-order valence-corrected chi connectivity index (χ0v) is 11.0. The van der Waals surface area contributed by atoms with Crippen LogP contribution in [0, 0.1) is 0 Å². The molecule has 0 aromatic heterocycles. The van der Waals surface area contributed by atoms with Crippen molar-refractivity contribution in [1.29, 1.82) is 0 Å². The van der Waals surface area contributed by atoms with Crippen LogP contribution in [0.25, 0.3) is 0 Å². The number of ether oxygens (including phenoxy) is 1. The minimum atomic E-state index is -3.83. The van der Waals surface area contributed by atoms with Crippen LogP contribution >= 0.6 is 0 Å². The smallest absolute Gasteiger partial charge is 0.349 e. The highest BCUT2D eigenvalue weighted by atomic mass is 19.3. The molecule has 0 aliphatic carbocycles. The van der Waals surface area contributed by atoms with Gasteiger partial charge in [-0.05, 0) is 6.92 Å². The molecular formula is C13H15F2NO4. The Hall–Kier alpha value is -2.02. The van der Waals surface area contributed by atoms with E-state index in [1.807, 2.05) is 5.32 Å². The van der Waals surface area contributed by atoms with Crippen molar-refractivity contribution in [3.05, 3.63) is 35.9 Å². The summed E-state index contributed by atoms with van der Waals surface area (Å²) in [7, 11) is 1.21. The predicted molar refractivity (Wildman–Crippen MR) is 66.4 cm³/mol. The molecule has 20 heavy (non-hydrogen) atoms. The predicted octanol–water partition coefficient (Wildman–Crippen LogP) is 1.38. The first kappa shape index (κ1) is 16.0. The number of carboxylic acid groups (broad SMARTS) is 1. The molecule has 0 spiro atoms. The van der Waals surface area contributed by atoms with Crippen molar-refractivity contribution in [2.24, 2.45) is 0 Å². The van der Waals surface area contributed by atoms with Crippen LogP contribution in [-0.2, 0) is 20.2 Å². The molecule has 1 aromatic rings. The molecule has 0 radical (unpaired) electrons. The minimum absolute atomic E-state index is 0.432. The second kappa shape index (κ2) is 5.96. The number of rotatable bonds is 6. The lowest BCUT2D eigenvalue weighted by molar-refractivity contribution is -0.158. The van der Waals surface area contributed by atoms with E-state index in [4.69, 9.17) is 5.11 Å². The molecule has 0 aliphatic heterocycles. The molecular weight excluding hydrogens is 272 g/mol. The Morgan fingerprint density at radius 1 is 1.30 bits per heavy atom. The van der Waals surface area contributed by atoms with Crippen molar-refractivity contribution in [3.63, 3.8) is 0 Å². The lowest BCUT2D eigenvalue weighted by atomic mass is 10.0. The molecule has 110 valence electrons. The van der Waals surface area contributed by atoms with Crippen molar-refractivity contribution < 1.29 is 28.2 Å². The van der Waals surface area contributed by atoms with Gasteiger partial charge in [0.25, 0.3) is 5.91 Å². The van der Waals surface area contributed by atoms with Gasteiger partial charge in [-0.15, -0.1) is 0 Å². The van der Waals surface area contributed by atoms with Crippen molar-refractivity contribution in [3.8, 4) is 0 Å². The number of methoxy groups -OCH3 is 1. The molecule has 1 aromatic carbocycles. The lowest BCUT2D eigenvalue weighted by Crippen LogP contribution is -2.58. The van der Waals surface area contributed by atoms with E-state index in [2.05, 4.69) is 4.74 Å². The molecule has 0 heterocycles. The van der Waals surface area contributed by atoms with Gasteiger partial charge in [0.2, 0.25) is 0 Å². The summed E-state index contributed by atoms with van der Waals surface area (Å²) in [5.74, 6) is -6.98. The van der Waals surface area contributed by atoms with Crippen molar-refractivity contribution in [2.45, 2.75) is 18.4 Å². The highest BCUT2D eigenvalue weighted by Crippen LogP contribution is 2.28. The Bertz CT molecular complexity index is 492. The van der Waals surface area contributed by atoms with Crippen LogP contribution in [0.4, 0.5) is 8.78 Å². The van der Waals surface area contributed by atoms with Crippen LogP contribution < -0.4 is 5.32 Å². The molecule has 0 saturated carbocycles. The first-order chi connectivity index (χ1) is 9.24. The number of hydrogen-bond donors (Lipinski definition) is 2. The van der Waals surface area contributed by atoms with Gasteiger partial charge in [-0.1, -0.05) is 30.3 Å². The number of alkyl halides is 2. The van der Waals surface area contributed by atoms with Gasteiger partial charge in [0.05, 0.1) is 6.61 Å². The van der Waals surface area contributed by atoms with Crippen LogP contribution in [-0.4, -0.2) is 36.2 Å². The zero-order chi connectivity index (χ0) is 15.4. The molecule has 7 heteroatoms. The minimum Gasteiger partial charge on any atom is -0.479 e. The number of carbonyl (C=O) groups is 2. The van der Waals surface area contributed by atoms with E-state index in [9.17, 15) is 18.4 Å². The van der Waals surface area contributed by atoms with Gasteiger partial charge in [-0.2, -0.15) is 8.78 Å². The van der Waals surface area contributed by atoms with Gasteiger partial charge in [-0.25, -0.2) is 4.79 Å². The standard InChI is InChI=1S/C13H15F2NO4/c1-12(8-20-2,11(18)19)16-10(17)13(14,15)9-6-4-3-5-7-9/h3-7H,8H2,1-2H3,(H,16,17)(H,18,19). The molecule has 0 bridgehead atoms. The zero-order valence-electron chi connectivity index (χ0n) is 11.0. The fourth-order valence-corrected chi connectivity index (χ4v) is 1.55. The van der Waals surface area contributed by atoms with Gasteiger partial charge in [0.15, 0.2) is 5.54 Å². The average Bonchev–Trinajstić information content (AvgIpc) is 2.39. The summed E-state index contributed by atoms with van der Waals surface area (Å²) < 4.78 is 32.5. The summed E-state index contributed by atoms with van der Waals surface area (Å²) in [5.41, 5.74) is -2.44. The lowest BCUT2D eigenvalue weighted by Gasteiger charge is -2.27. The molecule has 1 amide bonds. The Labute approximate surface area is 114 Å². The number of hydrogen-bond acceptors (Lipinski definition) is 3. The van der Waals surface area contributed by atoms with E-state index in [0.29, 0.717) is 0 Å². The number of carboxylic acids is 1. The molecule has 2 N–H and O–H groups in total. The summed E-state index contributed by atoms with van der Waals surface area (Å²) >= 11 is 0. The van der Waals surface area contributed by atoms with Crippen LogP contribution in [0.15, 0.2) is 30.3 Å². The molecule has 1 unspecified atom stereocenters. The Balaban J connectivity index is 2.97. The molecule has 1 atom stereocenters. The second-order valence-electron chi connectivity index (χ2n) is 4.46. The number of aliphatic carboxylic acids is 1. The van der Waals surface area contributed by atoms with Crippen LogP contribution in [0.2, 0.25) is 0 Å². The Kier molecular flexibility index (Phi) is 4.78. The van der Waals surface area contributed by atoms with Crippen LogP contribution in [0.1, 0.15) is 12.5 Å².